The molecular formula is C6H15NO5S. The molecule has 1 heterocycles. The van der Waals surface area contributed by atoms with E-state index in [1.54, 1.807) is 0 Å². The van der Waals surface area contributed by atoms with Gasteiger partial charge in [-0.05, 0) is 0 Å². The number of epoxide rings is 1. The summed E-state index contributed by atoms with van der Waals surface area (Å²) in [6, 6.07) is 0. The Labute approximate surface area is 78.3 Å². The minimum absolute atomic E-state index is 0.565. The monoisotopic (exact) mass is 213 g/mol. The molecule has 13 heavy (non-hydrogen) atoms. The molecule has 1 aliphatic rings. The van der Waals surface area contributed by atoms with Crippen molar-refractivity contribution in [3.8, 4) is 0 Å². The molecule has 0 aromatic heterocycles. The van der Waals surface area contributed by atoms with Crippen LogP contribution in [0, 0.1) is 0 Å². The summed E-state index contributed by atoms with van der Waals surface area (Å²) >= 11 is 0. The lowest BCUT2D eigenvalue weighted by atomic mass is 10.4. The van der Waals surface area contributed by atoms with Crippen molar-refractivity contribution in [1.82, 2.24) is 0 Å². The molecule has 1 rings (SSSR count). The molecule has 0 aromatic rings. The van der Waals surface area contributed by atoms with Gasteiger partial charge in [0.05, 0.1) is 27.7 Å². The summed E-state index contributed by atoms with van der Waals surface area (Å²) in [5.74, 6) is 0. The van der Waals surface area contributed by atoms with Crippen LogP contribution < -0.4 is 0 Å². The molecular weight excluding hydrogens is 198 g/mol. The second kappa shape index (κ2) is 4.34. The lowest BCUT2D eigenvalue weighted by molar-refractivity contribution is -0.870. The van der Waals surface area contributed by atoms with E-state index in [-0.39, 0.29) is 0 Å². The maximum Gasteiger partial charge on any atom is 0.215 e. The van der Waals surface area contributed by atoms with Gasteiger partial charge in [-0.25, -0.2) is 8.42 Å². The first kappa shape index (κ1) is 12.8. The maximum absolute atomic E-state index is 8.63. The van der Waals surface area contributed by atoms with Crippen molar-refractivity contribution in [2.45, 2.75) is 6.10 Å². The number of hydrogen-bond acceptors (Lipinski definition) is 4. The lowest BCUT2D eigenvalue weighted by Crippen LogP contribution is -2.37. The Bertz CT molecular complexity index is 230. The predicted octanol–water partition coefficient (Wildman–Crippen LogP) is -0.904. The van der Waals surface area contributed by atoms with Gasteiger partial charge >= 0.3 is 0 Å². The molecule has 1 aliphatic heterocycles. The van der Waals surface area contributed by atoms with Crippen LogP contribution in [0.4, 0.5) is 0 Å². The van der Waals surface area contributed by atoms with Crippen LogP contribution in [-0.4, -0.2) is 62.4 Å². The maximum atomic E-state index is 8.63. The summed E-state index contributed by atoms with van der Waals surface area (Å²) in [5.41, 5.74) is 0. The zero-order valence-corrected chi connectivity index (χ0v) is 8.74. The Balaban J connectivity index is 0.000000252. The third-order valence-electron chi connectivity index (χ3n) is 1.15. The molecule has 0 amide bonds. The molecule has 1 N–H and O–H groups in total. The van der Waals surface area contributed by atoms with Gasteiger partial charge in [0.25, 0.3) is 0 Å². The second-order valence-corrected chi connectivity index (χ2v) is 4.71. The number of nitrogens with zero attached hydrogens (tertiary/aromatic N) is 1. The van der Waals surface area contributed by atoms with E-state index >= 15 is 0 Å². The summed E-state index contributed by atoms with van der Waals surface area (Å²) in [6.45, 7) is 2.13. The fourth-order valence-electron chi connectivity index (χ4n) is 0.784. The van der Waals surface area contributed by atoms with E-state index < -0.39 is 10.4 Å². The number of ether oxygens (including phenoxy) is 1. The molecule has 0 aromatic carbocycles. The summed E-state index contributed by atoms with van der Waals surface area (Å²) in [6.07, 6.45) is 0.565. The van der Waals surface area contributed by atoms with Crippen LogP contribution >= 0.6 is 0 Å². The molecule has 0 saturated carbocycles. The van der Waals surface area contributed by atoms with Crippen LogP contribution in [0.5, 0.6) is 0 Å². The Morgan fingerprint density at radius 1 is 1.54 bits per heavy atom. The van der Waals surface area contributed by atoms with E-state index in [1.165, 1.54) is 0 Å². The molecule has 0 spiro atoms. The minimum atomic E-state index is -4.92. The quantitative estimate of drug-likeness (QED) is 0.278. The summed E-state index contributed by atoms with van der Waals surface area (Å²) in [7, 11) is 1.63. The van der Waals surface area contributed by atoms with Crippen LogP contribution in [0.3, 0.4) is 0 Å². The predicted molar refractivity (Wildman–Crippen MR) is 45.0 cm³/mol. The number of hydrogen-bond donors (Lipinski definition) is 1. The lowest BCUT2D eigenvalue weighted by Gasteiger charge is -2.22. The van der Waals surface area contributed by atoms with Crippen LogP contribution in [-0.2, 0) is 15.1 Å². The van der Waals surface area contributed by atoms with Gasteiger partial charge in [0.1, 0.15) is 12.6 Å². The largest absolute Gasteiger partial charge is 0.726 e. The number of rotatable bonds is 2. The van der Waals surface area contributed by atoms with Crippen LogP contribution in [0.15, 0.2) is 0 Å². The molecule has 7 heteroatoms. The molecule has 1 saturated heterocycles. The van der Waals surface area contributed by atoms with E-state index in [0.717, 1.165) is 17.6 Å². The van der Waals surface area contributed by atoms with E-state index in [4.69, 9.17) is 22.3 Å². The summed E-state index contributed by atoms with van der Waals surface area (Å²) < 4.78 is 38.9. The SMILES string of the molecule is C[N+](C)(C)CC1CO1.O=S(=O)([O-])O. The van der Waals surface area contributed by atoms with Crippen molar-refractivity contribution in [2.75, 3.05) is 34.3 Å². The normalized spacial score (nSPS) is 21.8. The summed E-state index contributed by atoms with van der Waals surface area (Å²) in [4.78, 5) is 0. The highest BCUT2D eigenvalue weighted by molar-refractivity contribution is 7.79. The van der Waals surface area contributed by atoms with Crippen molar-refractivity contribution in [3.63, 3.8) is 0 Å². The fourth-order valence-corrected chi connectivity index (χ4v) is 0.784. The standard InChI is InChI=1S/C6H14NO.H2O4S/c1-7(2,3)4-6-5-8-6;1-5(2,3)4/h6H,4-5H2,1-3H3;(H2,1,2,3,4)/q+1;/p-1. The van der Waals surface area contributed by atoms with Crippen molar-refractivity contribution in [2.24, 2.45) is 0 Å². The third-order valence-corrected chi connectivity index (χ3v) is 1.15. The van der Waals surface area contributed by atoms with E-state index in [1.807, 2.05) is 0 Å². The minimum Gasteiger partial charge on any atom is -0.726 e. The van der Waals surface area contributed by atoms with Crippen molar-refractivity contribution in [3.05, 3.63) is 0 Å². The van der Waals surface area contributed by atoms with Crippen LogP contribution in [0.25, 0.3) is 0 Å². The molecule has 0 bridgehead atoms. The highest BCUT2D eigenvalue weighted by Crippen LogP contribution is 2.11. The van der Waals surface area contributed by atoms with Gasteiger partial charge in [0, 0.05) is 0 Å². The van der Waals surface area contributed by atoms with E-state index in [2.05, 4.69) is 21.1 Å². The Morgan fingerprint density at radius 2 is 1.85 bits per heavy atom. The zero-order valence-electron chi connectivity index (χ0n) is 7.93. The van der Waals surface area contributed by atoms with E-state index in [9.17, 15) is 0 Å². The van der Waals surface area contributed by atoms with Crippen molar-refractivity contribution >= 4 is 10.4 Å². The Kier molecular flexibility index (Phi) is 4.27. The van der Waals surface area contributed by atoms with Crippen molar-refractivity contribution < 1.29 is 26.7 Å². The highest BCUT2D eigenvalue weighted by atomic mass is 32.3. The average molecular weight is 213 g/mol. The second-order valence-electron chi connectivity index (χ2n) is 3.86. The third kappa shape index (κ3) is 18.6. The van der Waals surface area contributed by atoms with Gasteiger partial charge in [-0.15, -0.1) is 0 Å². The van der Waals surface area contributed by atoms with Crippen molar-refractivity contribution in [1.29, 1.82) is 0 Å². The first-order chi connectivity index (χ1) is 5.58. The van der Waals surface area contributed by atoms with Gasteiger partial charge in [0.15, 0.2) is 0 Å². The van der Waals surface area contributed by atoms with E-state index in [0.29, 0.717) is 6.10 Å². The number of quaternary nitrogens is 1. The average Bonchev–Trinajstić information content (AvgIpc) is 2.38. The molecule has 6 nitrogen and oxygen atoms in total. The molecule has 1 fully saturated rings. The number of likely N-dealkylation sites (N-methyl/N-ethyl adjacent to an activating group) is 1. The van der Waals surface area contributed by atoms with Gasteiger partial charge in [-0.3, -0.25) is 4.55 Å². The van der Waals surface area contributed by atoms with Crippen LogP contribution in [0.1, 0.15) is 0 Å². The first-order valence-electron chi connectivity index (χ1n) is 3.68. The van der Waals surface area contributed by atoms with Gasteiger partial charge in [-0.2, -0.15) is 0 Å². The van der Waals surface area contributed by atoms with Crippen LogP contribution in [0.2, 0.25) is 0 Å². The summed E-state index contributed by atoms with van der Waals surface area (Å²) in [5, 5.41) is 0. The first-order valence-corrected chi connectivity index (χ1v) is 5.05. The van der Waals surface area contributed by atoms with Gasteiger partial charge in [-0.1, -0.05) is 0 Å². The Morgan fingerprint density at radius 3 is 1.92 bits per heavy atom. The molecule has 80 valence electrons. The smallest absolute Gasteiger partial charge is 0.215 e. The highest BCUT2D eigenvalue weighted by Gasteiger charge is 2.28. The molecule has 0 aliphatic carbocycles. The fraction of sp³-hybridized carbons (Fsp3) is 1.00. The van der Waals surface area contributed by atoms with Gasteiger partial charge < -0.3 is 13.8 Å². The Hall–Kier alpha value is -0.210. The molecule has 0 radical (unpaired) electrons. The molecule has 1 unspecified atom stereocenters. The van der Waals surface area contributed by atoms with Gasteiger partial charge in [0.2, 0.25) is 10.4 Å². The topological polar surface area (TPSA) is 90.0 Å². The molecule has 1 atom stereocenters. The zero-order chi connectivity index (χ0) is 10.7.